The van der Waals surface area contributed by atoms with Crippen LogP contribution in [0.4, 0.5) is 4.79 Å². The van der Waals surface area contributed by atoms with E-state index >= 15 is 0 Å². The first-order chi connectivity index (χ1) is 13.1. The average Bonchev–Trinajstić information content (AvgIpc) is 3.24. The molecular formula is C18H32NO7P. The number of nitrogens with zero attached hydrogens (tertiary/aromatic N) is 1. The van der Waals surface area contributed by atoms with Gasteiger partial charge in [-0.05, 0) is 6.42 Å². The maximum absolute atomic E-state index is 12.4. The van der Waals surface area contributed by atoms with Crippen molar-refractivity contribution in [2.24, 2.45) is 0 Å². The Morgan fingerprint density at radius 1 is 1.07 bits per heavy atom. The summed E-state index contributed by atoms with van der Waals surface area (Å²) in [4.78, 5) is 25.3. The molecule has 0 bridgehead atoms. The van der Waals surface area contributed by atoms with Gasteiger partial charge in [-0.3, -0.25) is 18.4 Å². The number of amides is 2. The monoisotopic (exact) mass is 405 g/mol. The van der Waals surface area contributed by atoms with E-state index in [2.05, 4.69) is 6.92 Å². The van der Waals surface area contributed by atoms with E-state index < -0.39 is 20.0 Å². The van der Waals surface area contributed by atoms with E-state index in [1.165, 1.54) is 38.5 Å². The molecule has 0 aromatic carbocycles. The van der Waals surface area contributed by atoms with Gasteiger partial charge in [-0.25, -0.2) is 14.3 Å². The minimum atomic E-state index is -3.55. The Kier molecular flexibility index (Phi) is 9.76. The third kappa shape index (κ3) is 7.53. The summed E-state index contributed by atoms with van der Waals surface area (Å²) < 4.78 is 32.0. The highest BCUT2D eigenvalue weighted by molar-refractivity contribution is 7.48. The van der Waals surface area contributed by atoms with Crippen LogP contribution in [0.1, 0.15) is 71.1 Å². The molecule has 0 saturated carbocycles. The van der Waals surface area contributed by atoms with Crippen LogP contribution >= 0.6 is 7.82 Å². The van der Waals surface area contributed by atoms with E-state index in [0.29, 0.717) is 6.42 Å². The highest BCUT2D eigenvalue weighted by Gasteiger charge is 2.40. The van der Waals surface area contributed by atoms with Gasteiger partial charge in [0.1, 0.15) is 12.6 Å². The standard InChI is InChI=1S/C18H32NO7P/c1-2-3-4-5-6-7-8-9-10-11-17(20)19-16(14-23-18(19)21)15-26-27(22)24-12-13-25-27/h16H,2-15H2,1H3/t16-/m0/s1. The molecule has 2 aliphatic heterocycles. The van der Waals surface area contributed by atoms with E-state index in [-0.39, 0.29) is 32.3 Å². The van der Waals surface area contributed by atoms with E-state index in [9.17, 15) is 14.2 Å². The van der Waals surface area contributed by atoms with Crippen molar-refractivity contribution >= 4 is 19.8 Å². The highest BCUT2D eigenvalue weighted by atomic mass is 31.2. The van der Waals surface area contributed by atoms with Crippen LogP contribution in [0.15, 0.2) is 0 Å². The van der Waals surface area contributed by atoms with Gasteiger partial charge in [-0.2, -0.15) is 0 Å². The Balaban J connectivity index is 1.62. The Morgan fingerprint density at radius 2 is 1.67 bits per heavy atom. The molecule has 2 amide bonds. The Labute approximate surface area is 161 Å². The first kappa shape index (κ1) is 22.3. The molecule has 8 nitrogen and oxygen atoms in total. The van der Waals surface area contributed by atoms with Gasteiger partial charge in [0, 0.05) is 6.42 Å². The lowest BCUT2D eigenvalue weighted by molar-refractivity contribution is -0.129. The number of phosphoric acid groups is 1. The second-order valence-corrected chi connectivity index (χ2v) is 8.65. The molecule has 27 heavy (non-hydrogen) atoms. The molecular weight excluding hydrogens is 373 g/mol. The summed E-state index contributed by atoms with van der Waals surface area (Å²) >= 11 is 0. The zero-order valence-electron chi connectivity index (χ0n) is 16.2. The minimum absolute atomic E-state index is 0.0301. The second-order valence-electron chi connectivity index (χ2n) is 6.98. The molecule has 0 unspecified atom stereocenters. The fourth-order valence-corrected chi connectivity index (χ4v) is 4.36. The molecule has 0 radical (unpaired) electrons. The van der Waals surface area contributed by atoms with Gasteiger partial charge in [-0.1, -0.05) is 58.3 Å². The normalized spacial score (nSPS) is 21.6. The summed E-state index contributed by atoms with van der Waals surface area (Å²) in [5, 5.41) is 0. The molecule has 2 heterocycles. The molecule has 2 aliphatic rings. The lowest BCUT2D eigenvalue weighted by Gasteiger charge is -2.20. The number of phosphoric ester groups is 1. The maximum Gasteiger partial charge on any atom is 0.475 e. The third-order valence-electron chi connectivity index (χ3n) is 4.73. The predicted molar refractivity (Wildman–Crippen MR) is 99.3 cm³/mol. The molecule has 0 spiro atoms. The van der Waals surface area contributed by atoms with Gasteiger partial charge in [0.2, 0.25) is 5.91 Å². The summed E-state index contributed by atoms with van der Waals surface area (Å²) in [7, 11) is -3.55. The molecule has 9 heteroatoms. The maximum atomic E-state index is 12.4. The van der Waals surface area contributed by atoms with Crippen molar-refractivity contribution in [2.75, 3.05) is 26.4 Å². The van der Waals surface area contributed by atoms with Crippen LogP contribution in [0, 0.1) is 0 Å². The van der Waals surface area contributed by atoms with Crippen LogP contribution in [0.3, 0.4) is 0 Å². The first-order valence-corrected chi connectivity index (χ1v) is 11.5. The molecule has 1 atom stereocenters. The van der Waals surface area contributed by atoms with Crippen LogP contribution in [-0.4, -0.2) is 49.4 Å². The summed E-state index contributed by atoms with van der Waals surface area (Å²) in [6.07, 6.45) is 10.0. The summed E-state index contributed by atoms with van der Waals surface area (Å²) in [6.45, 7) is 2.53. The molecule has 0 aliphatic carbocycles. The fourth-order valence-electron chi connectivity index (χ4n) is 3.18. The van der Waals surface area contributed by atoms with Crippen molar-refractivity contribution in [1.29, 1.82) is 0 Å². The van der Waals surface area contributed by atoms with Gasteiger partial charge in [0.25, 0.3) is 0 Å². The quantitative estimate of drug-likeness (QED) is 0.331. The molecule has 0 aromatic rings. The highest BCUT2D eigenvalue weighted by Crippen LogP contribution is 2.52. The Hall–Kier alpha value is -0.950. The van der Waals surface area contributed by atoms with Crippen LogP contribution in [0.25, 0.3) is 0 Å². The Bertz CT molecular complexity index is 518. The van der Waals surface area contributed by atoms with E-state index in [1.807, 2.05) is 0 Å². The lowest BCUT2D eigenvalue weighted by atomic mass is 10.1. The smallest absolute Gasteiger partial charge is 0.447 e. The SMILES string of the molecule is CCCCCCCCCCCC(=O)N1C(=O)OC[C@H]1COP1(=O)OCCO1. The zero-order chi connectivity index (χ0) is 19.5. The van der Waals surface area contributed by atoms with Crippen LogP contribution in [0.5, 0.6) is 0 Å². The molecule has 0 aromatic heterocycles. The summed E-state index contributed by atoms with van der Waals surface area (Å²) in [5.41, 5.74) is 0. The number of carbonyl (C=O) groups is 2. The van der Waals surface area contributed by atoms with E-state index in [0.717, 1.165) is 24.2 Å². The van der Waals surface area contributed by atoms with Crippen LogP contribution in [-0.2, 0) is 27.7 Å². The molecule has 2 fully saturated rings. The van der Waals surface area contributed by atoms with Crippen LogP contribution < -0.4 is 0 Å². The number of rotatable bonds is 13. The van der Waals surface area contributed by atoms with Crippen molar-refractivity contribution in [1.82, 2.24) is 4.90 Å². The van der Waals surface area contributed by atoms with Gasteiger partial charge < -0.3 is 4.74 Å². The number of unbranched alkanes of at least 4 members (excludes halogenated alkanes) is 8. The van der Waals surface area contributed by atoms with Gasteiger partial charge in [0.15, 0.2) is 0 Å². The van der Waals surface area contributed by atoms with Crippen molar-refractivity contribution in [2.45, 2.75) is 77.2 Å². The van der Waals surface area contributed by atoms with E-state index in [4.69, 9.17) is 18.3 Å². The molecule has 2 rings (SSSR count). The largest absolute Gasteiger partial charge is 0.475 e. The predicted octanol–water partition coefficient (Wildman–Crippen LogP) is 4.43. The first-order valence-electron chi connectivity index (χ1n) is 10.1. The minimum Gasteiger partial charge on any atom is -0.447 e. The number of hydrogen-bond acceptors (Lipinski definition) is 7. The van der Waals surface area contributed by atoms with Gasteiger partial charge in [-0.15, -0.1) is 0 Å². The molecule has 0 N–H and O–H groups in total. The van der Waals surface area contributed by atoms with Crippen molar-refractivity contribution < 1.29 is 32.5 Å². The van der Waals surface area contributed by atoms with E-state index in [1.54, 1.807) is 0 Å². The Morgan fingerprint density at radius 3 is 2.30 bits per heavy atom. The fraction of sp³-hybridized carbons (Fsp3) is 0.889. The number of hydrogen-bond donors (Lipinski definition) is 0. The molecule has 156 valence electrons. The lowest BCUT2D eigenvalue weighted by Crippen LogP contribution is -2.41. The van der Waals surface area contributed by atoms with Crippen molar-refractivity contribution in [3.05, 3.63) is 0 Å². The van der Waals surface area contributed by atoms with Gasteiger partial charge >= 0.3 is 13.9 Å². The molecule has 2 saturated heterocycles. The van der Waals surface area contributed by atoms with Crippen molar-refractivity contribution in [3.8, 4) is 0 Å². The zero-order valence-corrected chi connectivity index (χ0v) is 17.1. The number of ether oxygens (including phenoxy) is 1. The third-order valence-corrected chi connectivity index (χ3v) is 6.19. The average molecular weight is 405 g/mol. The second kappa shape index (κ2) is 11.8. The number of imide groups is 1. The summed E-state index contributed by atoms with van der Waals surface area (Å²) in [5.74, 6) is -0.277. The van der Waals surface area contributed by atoms with Crippen molar-refractivity contribution in [3.63, 3.8) is 0 Å². The summed E-state index contributed by atoms with van der Waals surface area (Å²) in [6, 6.07) is -0.595. The van der Waals surface area contributed by atoms with Crippen LogP contribution in [0.2, 0.25) is 0 Å². The number of cyclic esters (lactones) is 1. The number of carbonyl (C=O) groups excluding carboxylic acids is 2. The van der Waals surface area contributed by atoms with Gasteiger partial charge in [0.05, 0.1) is 19.8 Å². The topological polar surface area (TPSA) is 91.4 Å².